The Morgan fingerprint density at radius 3 is 1.38 bits per heavy atom. The number of hydrogen-bond donors (Lipinski definition) is 0. The van der Waals surface area contributed by atoms with E-state index in [1.807, 2.05) is 6.07 Å². The normalized spacial score (nSPS) is 11.1. The van der Waals surface area contributed by atoms with Gasteiger partial charge in [0, 0.05) is 0 Å². The summed E-state index contributed by atoms with van der Waals surface area (Å²) in [6.45, 7) is 8.94. The minimum Gasteiger partial charge on any atom is -0.184 e. The molecule has 0 amide bonds. The van der Waals surface area contributed by atoms with Crippen molar-refractivity contribution in [3.05, 3.63) is 229 Å². The van der Waals surface area contributed by atoms with Crippen LogP contribution in [-0.2, 0) is 33.7 Å². The Kier molecular flexibility index (Phi) is 16.4. The van der Waals surface area contributed by atoms with Crippen LogP contribution >= 0.6 is 17.0 Å². The molecular weight excluding hydrogens is 935 g/mol. The topological polar surface area (TPSA) is 0 Å². The molecule has 0 fully saturated rings. The zero-order chi connectivity index (χ0) is 45.8. The van der Waals surface area contributed by atoms with E-state index in [4.69, 9.17) is 17.0 Å². The predicted molar refractivity (Wildman–Crippen MR) is 286 cm³/mol. The second-order valence-corrected chi connectivity index (χ2v) is 21.8. The van der Waals surface area contributed by atoms with Crippen molar-refractivity contribution in [1.82, 2.24) is 0 Å². The van der Waals surface area contributed by atoms with Crippen molar-refractivity contribution in [2.24, 2.45) is 0 Å². The van der Waals surface area contributed by atoms with Gasteiger partial charge < -0.3 is 0 Å². The molecule has 66 heavy (non-hydrogen) atoms. The van der Waals surface area contributed by atoms with Gasteiger partial charge in [0.1, 0.15) is 0 Å². The summed E-state index contributed by atoms with van der Waals surface area (Å²) >= 11 is -0.826. The van der Waals surface area contributed by atoms with Gasteiger partial charge in [0.15, 0.2) is 0 Å². The van der Waals surface area contributed by atoms with Gasteiger partial charge in [-0.2, -0.15) is 29.5 Å². The van der Waals surface area contributed by atoms with Gasteiger partial charge in [0.2, 0.25) is 0 Å². The number of benzene rings is 8. The van der Waals surface area contributed by atoms with Crippen LogP contribution in [0.2, 0.25) is 0 Å². The summed E-state index contributed by atoms with van der Waals surface area (Å²) in [6.07, 6.45) is 4.56. The van der Waals surface area contributed by atoms with Gasteiger partial charge in [0.05, 0.1) is 9.52 Å². The third-order valence-corrected chi connectivity index (χ3v) is 13.7. The first-order chi connectivity index (χ1) is 32.4. The van der Waals surface area contributed by atoms with E-state index in [1.165, 1.54) is 110 Å². The molecule has 326 valence electrons. The van der Waals surface area contributed by atoms with Crippen molar-refractivity contribution in [2.45, 2.75) is 53.4 Å². The maximum atomic E-state index is 4.93. The Hall–Kier alpha value is -5.34. The van der Waals surface area contributed by atoms with Crippen molar-refractivity contribution in [1.29, 1.82) is 0 Å². The molecule has 0 unspecified atom stereocenters. The summed E-state index contributed by atoms with van der Waals surface area (Å²) in [7, 11) is 10.7. The van der Waals surface area contributed by atoms with Crippen LogP contribution in [-0.4, -0.2) is 9.52 Å². The molecule has 1 heterocycles. The molecule has 1 aliphatic rings. The van der Waals surface area contributed by atoms with Gasteiger partial charge >= 0.3 is 37.9 Å². The fourth-order valence-corrected chi connectivity index (χ4v) is 10.6. The third kappa shape index (κ3) is 10.8. The van der Waals surface area contributed by atoms with Gasteiger partial charge in [-0.05, 0) is 60.1 Å². The number of fused-ring (bicyclic) bond motifs is 5. The smallest absolute Gasteiger partial charge is 0.0920 e. The van der Waals surface area contributed by atoms with Crippen LogP contribution in [0.1, 0.15) is 48.9 Å². The molecule has 0 aromatic heterocycles. The van der Waals surface area contributed by atoms with Crippen molar-refractivity contribution in [2.75, 3.05) is 0 Å². The molecule has 4 heteroatoms. The number of halogens is 2. The minimum absolute atomic E-state index is 0.795. The van der Waals surface area contributed by atoms with Crippen molar-refractivity contribution < 1.29 is 20.8 Å². The molecule has 2 radical (unpaired) electrons. The predicted octanol–water partition coefficient (Wildman–Crippen LogP) is 16.8. The Labute approximate surface area is 413 Å². The van der Waals surface area contributed by atoms with E-state index >= 15 is 0 Å². The minimum atomic E-state index is -0.826. The molecular formula is C62H53Cl2SiZr-3. The molecule has 0 saturated heterocycles. The summed E-state index contributed by atoms with van der Waals surface area (Å²) in [5.74, 6) is 0. The number of aryl methyl sites for hydroxylation is 4. The monoisotopic (exact) mass is 985 g/mol. The number of rotatable bonds is 8. The summed E-state index contributed by atoms with van der Waals surface area (Å²) < 4.78 is 0. The van der Waals surface area contributed by atoms with Crippen LogP contribution in [0, 0.1) is 19.9 Å². The zero-order valence-electron chi connectivity index (χ0n) is 38.1. The van der Waals surface area contributed by atoms with Gasteiger partial charge in [-0.3, -0.25) is 0 Å². The molecule has 0 nitrogen and oxygen atoms in total. The maximum Gasteiger partial charge on any atom is 0.0920 e. The van der Waals surface area contributed by atoms with E-state index < -0.39 is 20.8 Å². The van der Waals surface area contributed by atoms with E-state index in [1.54, 1.807) is 0 Å². The Morgan fingerprint density at radius 2 is 0.909 bits per heavy atom. The molecule has 0 spiro atoms. The quantitative estimate of drug-likeness (QED) is 0.105. The van der Waals surface area contributed by atoms with Gasteiger partial charge in [-0.25, -0.2) is 0 Å². The molecule has 10 aromatic carbocycles. The van der Waals surface area contributed by atoms with E-state index in [0.717, 1.165) is 35.2 Å². The number of hydrogen-bond acceptors (Lipinski definition) is 0. The van der Waals surface area contributed by atoms with E-state index in [2.05, 4.69) is 228 Å². The fraction of sp³-hybridized carbons (Fsp3) is 0.129. The van der Waals surface area contributed by atoms with Crippen LogP contribution in [0.25, 0.3) is 77.2 Å². The first kappa shape index (κ1) is 47.2. The van der Waals surface area contributed by atoms with Gasteiger partial charge in [0.25, 0.3) is 0 Å². The van der Waals surface area contributed by atoms with E-state index in [-0.39, 0.29) is 0 Å². The summed E-state index contributed by atoms with van der Waals surface area (Å²) in [5, 5.41) is 8.23. The second-order valence-electron chi connectivity index (χ2n) is 16.8. The van der Waals surface area contributed by atoms with Gasteiger partial charge in [-0.15, -0.1) is 74.6 Å². The second kappa shape index (κ2) is 22.9. The summed E-state index contributed by atoms with van der Waals surface area (Å²) in [5.41, 5.74) is 19.1. The van der Waals surface area contributed by atoms with Crippen LogP contribution in [0.3, 0.4) is 0 Å². The van der Waals surface area contributed by atoms with Crippen LogP contribution in [0.15, 0.2) is 200 Å². The standard InChI is InChI=1S/2C25H23.C12H7Si.2ClH.Zr/c2*1-3-9-20-14-15-21-16-22(19-11-5-4-6-12-19)17-24(21)25(20)23-13-8-7-10-18(23)2;1-3-7-11-9(5-1)10-6-2-4-8-12(10)13-11;;;/h2*4-8,10-17H,3,9H2,1-2H3;1-7H;2*1H;/q3*-1;;;+2/p-2. The summed E-state index contributed by atoms with van der Waals surface area (Å²) in [4.78, 5) is 0. The van der Waals surface area contributed by atoms with Crippen molar-refractivity contribution in [3.8, 4) is 55.6 Å². The fourth-order valence-electron chi connectivity index (χ4n) is 9.27. The molecule has 0 bridgehead atoms. The maximum absolute atomic E-state index is 4.93. The first-order valence-electron chi connectivity index (χ1n) is 22.9. The third-order valence-electron chi connectivity index (χ3n) is 12.4. The van der Waals surface area contributed by atoms with Crippen molar-refractivity contribution >= 4 is 58.5 Å². The first-order valence-corrected chi connectivity index (χ1v) is 30.3. The van der Waals surface area contributed by atoms with E-state index in [0.29, 0.717) is 0 Å². The molecule has 1 aliphatic heterocycles. The molecule has 0 saturated carbocycles. The molecule has 0 N–H and O–H groups in total. The largest absolute Gasteiger partial charge is 0.184 e. The SMILES string of the molecule is CCCc1ccc2[cH-]c(-c3ccccc3)cc2c1-c1ccccc1C.CCCc1ccc2[cH-]c(-c3ccccc3)cc2c1-c1ccccc1C.[Cl][Zr][Cl].[c-]1cccc2c1[Si]c1ccccc1-2. The Morgan fingerprint density at radius 1 is 0.485 bits per heavy atom. The Bertz CT molecular complexity index is 2950. The van der Waals surface area contributed by atoms with E-state index in [9.17, 15) is 0 Å². The Balaban J connectivity index is 0.000000136. The molecule has 10 aromatic rings. The molecule has 0 aliphatic carbocycles. The van der Waals surface area contributed by atoms with Crippen molar-refractivity contribution in [3.63, 3.8) is 0 Å². The van der Waals surface area contributed by atoms with Crippen LogP contribution in [0.4, 0.5) is 0 Å². The average Bonchev–Trinajstić information content (AvgIpc) is 4.10. The molecule has 0 atom stereocenters. The van der Waals surface area contributed by atoms with Crippen LogP contribution < -0.4 is 10.4 Å². The van der Waals surface area contributed by atoms with Gasteiger partial charge in [-0.1, -0.05) is 205 Å². The summed E-state index contributed by atoms with van der Waals surface area (Å²) in [6, 6.07) is 75.6. The average molecular weight is 988 g/mol. The van der Waals surface area contributed by atoms with Crippen LogP contribution in [0.5, 0.6) is 0 Å². The zero-order valence-corrected chi connectivity index (χ0v) is 43.1. The molecule has 11 rings (SSSR count).